The first-order valence-corrected chi connectivity index (χ1v) is 6.70. The fraction of sp³-hybridized carbons (Fsp3) is 0.923. The second-order valence-electron chi connectivity index (χ2n) is 5.86. The van der Waals surface area contributed by atoms with Crippen LogP contribution in [0.4, 0.5) is 0 Å². The van der Waals surface area contributed by atoms with E-state index in [1.54, 1.807) is 0 Å². The Bertz CT molecular complexity index is 257. The normalized spacial score (nSPS) is 33.1. The number of halogens is 1. The smallest absolute Gasteiger partial charge is 0.191 e. The van der Waals surface area contributed by atoms with Crippen molar-refractivity contribution in [1.82, 2.24) is 10.6 Å². The van der Waals surface area contributed by atoms with Gasteiger partial charge in [-0.1, -0.05) is 26.7 Å². The number of nitrogens with zero attached hydrogens (tertiary/aromatic N) is 1. The van der Waals surface area contributed by atoms with Gasteiger partial charge in [0.15, 0.2) is 5.96 Å². The van der Waals surface area contributed by atoms with Crippen molar-refractivity contribution < 1.29 is 0 Å². The molecule has 17 heavy (non-hydrogen) atoms. The van der Waals surface area contributed by atoms with E-state index in [1.807, 2.05) is 0 Å². The lowest BCUT2D eigenvalue weighted by atomic mass is 9.72. The minimum Gasteiger partial charge on any atom is -0.356 e. The molecule has 2 N–H and O–H groups in total. The summed E-state index contributed by atoms with van der Waals surface area (Å²) >= 11 is 0. The van der Waals surface area contributed by atoms with Gasteiger partial charge in [-0.05, 0) is 30.6 Å². The van der Waals surface area contributed by atoms with Gasteiger partial charge in [0.25, 0.3) is 0 Å². The molecule has 0 aromatic heterocycles. The van der Waals surface area contributed by atoms with Crippen LogP contribution in [-0.4, -0.2) is 25.6 Å². The molecule has 0 atom stereocenters. The van der Waals surface area contributed by atoms with Crippen LogP contribution in [0.2, 0.25) is 0 Å². The molecule has 0 spiro atoms. The maximum absolute atomic E-state index is 4.45. The van der Waals surface area contributed by atoms with Crippen LogP contribution < -0.4 is 10.6 Å². The second-order valence-corrected chi connectivity index (χ2v) is 5.86. The molecule has 0 bridgehead atoms. The zero-order valence-electron chi connectivity index (χ0n) is 11.1. The third-order valence-electron chi connectivity index (χ3n) is 4.06. The van der Waals surface area contributed by atoms with E-state index in [9.17, 15) is 0 Å². The third kappa shape index (κ3) is 4.64. The molecule has 1 aliphatic carbocycles. The fourth-order valence-corrected chi connectivity index (χ4v) is 2.58. The summed E-state index contributed by atoms with van der Waals surface area (Å²) in [5.74, 6) is 1.95. The summed E-state index contributed by atoms with van der Waals surface area (Å²) < 4.78 is 0. The summed E-state index contributed by atoms with van der Waals surface area (Å²) in [6.07, 6.45) is 6.65. The Labute approximate surface area is 122 Å². The molecule has 1 fully saturated rings. The number of hydrogen-bond donors (Lipinski definition) is 2. The van der Waals surface area contributed by atoms with E-state index in [0.29, 0.717) is 5.41 Å². The number of guanidine groups is 1. The van der Waals surface area contributed by atoms with E-state index in [1.165, 1.54) is 32.1 Å². The van der Waals surface area contributed by atoms with Crippen molar-refractivity contribution in [2.24, 2.45) is 16.3 Å². The summed E-state index contributed by atoms with van der Waals surface area (Å²) in [5.41, 5.74) is 0.480. The van der Waals surface area contributed by atoms with Crippen LogP contribution in [0.25, 0.3) is 0 Å². The van der Waals surface area contributed by atoms with Crippen molar-refractivity contribution in [3.63, 3.8) is 0 Å². The maximum Gasteiger partial charge on any atom is 0.191 e. The van der Waals surface area contributed by atoms with Crippen LogP contribution in [0.5, 0.6) is 0 Å². The number of hydrogen-bond acceptors (Lipinski definition) is 3. The number of aliphatic imine (C=N–C) groups is 1. The molecule has 2 aliphatic rings. The first kappa shape index (κ1) is 15.1. The van der Waals surface area contributed by atoms with Gasteiger partial charge in [0, 0.05) is 19.6 Å². The molecule has 100 valence electrons. The van der Waals surface area contributed by atoms with E-state index in [2.05, 4.69) is 29.5 Å². The molecule has 1 aliphatic heterocycles. The van der Waals surface area contributed by atoms with Crippen LogP contribution in [0.3, 0.4) is 0 Å². The van der Waals surface area contributed by atoms with Crippen LogP contribution >= 0.6 is 24.0 Å². The largest absolute Gasteiger partial charge is 0.356 e. The SMILES string of the molecule is CC1CCC(C)(CNC2=NCCCN2)CC1.I. The highest BCUT2D eigenvalue weighted by atomic mass is 127. The molecule has 0 radical (unpaired) electrons. The molecule has 2 rings (SSSR count). The van der Waals surface area contributed by atoms with Gasteiger partial charge in [0.2, 0.25) is 0 Å². The lowest BCUT2D eigenvalue weighted by Crippen LogP contribution is -2.45. The molecule has 1 heterocycles. The van der Waals surface area contributed by atoms with Gasteiger partial charge < -0.3 is 10.6 Å². The summed E-state index contributed by atoms with van der Waals surface area (Å²) in [5, 5.41) is 6.81. The summed E-state index contributed by atoms with van der Waals surface area (Å²) in [6, 6.07) is 0. The second kappa shape index (κ2) is 6.81. The molecular formula is C13H26IN3. The number of nitrogens with one attached hydrogen (secondary N) is 2. The van der Waals surface area contributed by atoms with Crippen LogP contribution in [0, 0.1) is 11.3 Å². The highest BCUT2D eigenvalue weighted by molar-refractivity contribution is 14.0. The van der Waals surface area contributed by atoms with Gasteiger partial charge >= 0.3 is 0 Å². The molecule has 0 unspecified atom stereocenters. The van der Waals surface area contributed by atoms with E-state index >= 15 is 0 Å². The topological polar surface area (TPSA) is 36.4 Å². The zero-order valence-corrected chi connectivity index (χ0v) is 13.4. The Morgan fingerprint density at radius 1 is 1.41 bits per heavy atom. The van der Waals surface area contributed by atoms with Crippen molar-refractivity contribution in [2.45, 2.75) is 46.0 Å². The zero-order chi connectivity index (χ0) is 11.4. The van der Waals surface area contributed by atoms with Crippen LogP contribution in [0.15, 0.2) is 4.99 Å². The van der Waals surface area contributed by atoms with Gasteiger partial charge in [-0.3, -0.25) is 4.99 Å². The Hall–Kier alpha value is 0. The number of rotatable bonds is 2. The summed E-state index contributed by atoms with van der Waals surface area (Å²) in [4.78, 5) is 4.45. The summed E-state index contributed by atoms with van der Waals surface area (Å²) in [6.45, 7) is 7.91. The molecule has 3 nitrogen and oxygen atoms in total. The molecular weight excluding hydrogens is 325 g/mol. The van der Waals surface area contributed by atoms with E-state index in [4.69, 9.17) is 0 Å². The monoisotopic (exact) mass is 351 g/mol. The van der Waals surface area contributed by atoms with Gasteiger partial charge in [-0.25, -0.2) is 0 Å². The minimum absolute atomic E-state index is 0. The molecule has 0 saturated heterocycles. The Balaban J connectivity index is 0.00000144. The highest BCUT2D eigenvalue weighted by Gasteiger charge is 2.29. The van der Waals surface area contributed by atoms with E-state index in [0.717, 1.165) is 31.5 Å². The molecule has 0 aromatic carbocycles. The van der Waals surface area contributed by atoms with Gasteiger partial charge in [0.1, 0.15) is 0 Å². The van der Waals surface area contributed by atoms with E-state index in [-0.39, 0.29) is 24.0 Å². The van der Waals surface area contributed by atoms with Crippen LogP contribution in [0.1, 0.15) is 46.0 Å². The van der Waals surface area contributed by atoms with Crippen molar-refractivity contribution in [3.8, 4) is 0 Å². The van der Waals surface area contributed by atoms with Gasteiger partial charge in [0.05, 0.1) is 0 Å². The molecule has 1 saturated carbocycles. The molecule has 0 amide bonds. The molecule has 0 aromatic rings. The maximum atomic E-state index is 4.45. The predicted molar refractivity (Wildman–Crippen MR) is 84.1 cm³/mol. The Morgan fingerprint density at radius 2 is 2.12 bits per heavy atom. The Morgan fingerprint density at radius 3 is 2.71 bits per heavy atom. The standard InChI is InChI=1S/C13H25N3.HI/c1-11-4-6-13(2,7-5-11)10-16-12-14-8-3-9-15-12;/h11H,3-10H2,1-2H3,(H2,14,15,16);1H. The summed E-state index contributed by atoms with van der Waals surface area (Å²) in [7, 11) is 0. The lowest BCUT2D eigenvalue weighted by molar-refractivity contribution is 0.180. The third-order valence-corrected chi connectivity index (χ3v) is 4.06. The Kier molecular flexibility index (Phi) is 6.03. The molecule has 4 heteroatoms. The van der Waals surface area contributed by atoms with Crippen molar-refractivity contribution in [3.05, 3.63) is 0 Å². The first-order chi connectivity index (χ1) is 7.68. The fourth-order valence-electron chi connectivity index (χ4n) is 2.58. The highest BCUT2D eigenvalue weighted by Crippen LogP contribution is 2.37. The van der Waals surface area contributed by atoms with Crippen LogP contribution in [-0.2, 0) is 0 Å². The van der Waals surface area contributed by atoms with Gasteiger partial charge in [-0.2, -0.15) is 0 Å². The predicted octanol–water partition coefficient (Wildman–Crippen LogP) is 2.76. The quantitative estimate of drug-likeness (QED) is 0.751. The minimum atomic E-state index is 0. The van der Waals surface area contributed by atoms with Crippen molar-refractivity contribution in [2.75, 3.05) is 19.6 Å². The van der Waals surface area contributed by atoms with Crippen molar-refractivity contribution >= 4 is 29.9 Å². The average Bonchev–Trinajstić information content (AvgIpc) is 2.33. The first-order valence-electron chi connectivity index (χ1n) is 6.70. The average molecular weight is 351 g/mol. The van der Waals surface area contributed by atoms with E-state index < -0.39 is 0 Å². The van der Waals surface area contributed by atoms with Crippen molar-refractivity contribution in [1.29, 1.82) is 0 Å². The van der Waals surface area contributed by atoms with Gasteiger partial charge in [-0.15, -0.1) is 24.0 Å². The lowest BCUT2D eigenvalue weighted by Gasteiger charge is -2.37.